The number of fused-ring (bicyclic) bond motifs is 1. The average Bonchev–Trinajstić information content (AvgIpc) is 3.05. The number of halogens is 4. The fourth-order valence-electron chi connectivity index (χ4n) is 3.34. The van der Waals surface area contributed by atoms with Crippen LogP contribution in [0.4, 0.5) is 23.2 Å². The number of aryl methyl sites for hydroxylation is 1. The fourth-order valence-corrected chi connectivity index (χ4v) is 3.34. The van der Waals surface area contributed by atoms with E-state index in [2.05, 4.69) is 15.4 Å². The molecule has 4 aromatic rings. The second-order valence-electron chi connectivity index (χ2n) is 6.88. The molecule has 9 heteroatoms. The Kier molecular flexibility index (Phi) is 5.41. The molecule has 0 aliphatic carbocycles. The minimum absolute atomic E-state index is 0.101. The van der Waals surface area contributed by atoms with E-state index in [1.807, 2.05) is 0 Å². The van der Waals surface area contributed by atoms with E-state index in [4.69, 9.17) is 0 Å². The Morgan fingerprint density at radius 1 is 1.10 bits per heavy atom. The molecule has 2 aromatic carbocycles. The number of hydrogen-bond acceptors (Lipinski definition) is 3. The third kappa shape index (κ3) is 4.11. The highest BCUT2D eigenvalue weighted by molar-refractivity contribution is 5.92. The number of hydrogen-bond donors (Lipinski definition) is 1. The van der Waals surface area contributed by atoms with Crippen LogP contribution in [0.2, 0.25) is 0 Å². The summed E-state index contributed by atoms with van der Waals surface area (Å²) in [4.78, 5) is 16.9. The van der Waals surface area contributed by atoms with Crippen molar-refractivity contribution in [2.75, 3.05) is 5.32 Å². The van der Waals surface area contributed by atoms with E-state index in [0.717, 1.165) is 18.2 Å². The maximum absolute atomic E-state index is 13.8. The number of aromatic nitrogens is 3. The second-order valence-corrected chi connectivity index (χ2v) is 6.88. The van der Waals surface area contributed by atoms with Crippen LogP contribution < -0.4 is 5.32 Å². The molecule has 31 heavy (non-hydrogen) atoms. The van der Waals surface area contributed by atoms with Crippen molar-refractivity contribution in [1.29, 1.82) is 0 Å². The summed E-state index contributed by atoms with van der Waals surface area (Å²) in [5.74, 6) is -2.23. The van der Waals surface area contributed by atoms with E-state index >= 15 is 0 Å². The van der Waals surface area contributed by atoms with Gasteiger partial charge in [-0.25, -0.2) is 27.2 Å². The zero-order valence-corrected chi connectivity index (χ0v) is 16.2. The van der Waals surface area contributed by atoms with E-state index in [0.29, 0.717) is 11.3 Å². The predicted octanol–water partition coefficient (Wildman–Crippen LogP) is 5.26. The molecular weight excluding hydrogens is 412 g/mol. The van der Waals surface area contributed by atoms with E-state index in [1.165, 1.54) is 10.7 Å². The van der Waals surface area contributed by atoms with E-state index < -0.39 is 30.5 Å². The highest BCUT2D eigenvalue weighted by Crippen LogP contribution is 2.33. The molecule has 2 aromatic heterocycles. The normalized spacial score (nSPS) is 11.3. The third-order valence-corrected chi connectivity index (χ3v) is 4.71. The molecule has 0 atom stereocenters. The van der Waals surface area contributed by atoms with Gasteiger partial charge in [-0.05, 0) is 25.1 Å². The molecule has 0 aliphatic heterocycles. The van der Waals surface area contributed by atoms with Crippen LogP contribution in [0.15, 0.2) is 54.6 Å². The lowest BCUT2D eigenvalue weighted by Gasteiger charge is -2.09. The maximum atomic E-state index is 13.8. The fraction of sp³-hybridized carbons (Fsp3) is 0.136. The van der Waals surface area contributed by atoms with E-state index in [1.54, 1.807) is 37.3 Å². The van der Waals surface area contributed by atoms with Crippen molar-refractivity contribution in [2.24, 2.45) is 0 Å². The number of benzene rings is 2. The number of amides is 1. The van der Waals surface area contributed by atoms with Crippen molar-refractivity contribution in [2.45, 2.75) is 19.9 Å². The van der Waals surface area contributed by atoms with Gasteiger partial charge >= 0.3 is 0 Å². The van der Waals surface area contributed by atoms with Crippen LogP contribution >= 0.6 is 0 Å². The van der Waals surface area contributed by atoms with Gasteiger partial charge in [0.25, 0.3) is 6.43 Å². The summed E-state index contributed by atoms with van der Waals surface area (Å²) >= 11 is 0. The van der Waals surface area contributed by atoms with Crippen molar-refractivity contribution >= 4 is 22.6 Å². The Morgan fingerprint density at radius 2 is 1.84 bits per heavy atom. The summed E-state index contributed by atoms with van der Waals surface area (Å²) in [7, 11) is 0. The zero-order valence-electron chi connectivity index (χ0n) is 16.2. The van der Waals surface area contributed by atoms with Gasteiger partial charge < -0.3 is 5.32 Å². The van der Waals surface area contributed by atoms with E-state index in [9.17, 15) is 22.4 Å². The Labute approximate surface area is 174 Å². The summed E-state index contributed by atoms with van der Waals surface area (Å²) in [6, 6.07) is 12.7. The van der Waals surface area contributed by atoms with Gasteiger partial charge in [-0.1, -0.05) is 30.3 Å². The molecule has 0 radical (unpaired) electrons. The quantitative estimate of drug-likeness (QED) is 0.441. The van der Waals surface area contributed by atoms with Crippen molar-refractivity contribution in [3.63, 3.8) is 0 Å². The molecule has 5 nitrogen and oxygen atoms in total. The highest BCUT2D eigenvalue weighted by Gasteiger charge is 2.22. The number of nitrogens with zero attached hydrogens (tertiary/aromatic N) is 3. The first kappa shape index (κ1) is 20.5. The number of alkyl halides is 2. The van der Waals surface area contributed by atoms with Crippen LogP contribution in [0.1, 0.15) is 17.7 Å². The minimum Gasteiger partial charge on any atom is -0.322 e. The lowest BCUT2D eigenvalue weighted by atomic mass is 10.1. The molecule has 1 amide bonds. The number of carbonyl (C=O) groups excluding carboxylic acids is 1. The van der Waals surface area contributed by atoms with Gasteiger partial charge in [-0.2, -0.15) is 5.10 Å². The SMILES string of the molecule is Cc1nn(CC(=O)Nc2cc(F)ccc2F)c2nc(-c3ccccc3)cc(C(F)F)c12. The number of pyridine rings is 1. The number of nitrogens with one attached hydrogen (secondary N) is 1. The number of anilines is 1. The summed E-state index contributed by atoms with van der Waals surface area (Å²) < 4.78 is 55.9. The number of carbonyl (C=O) groups is 1. The standard InChI is InChI=1S/C22H16F4N4O/c1-12-20-15(21(25)26)10-17(13-5-3-2-4-6-13)28-22(20)30(29-12)11-19(31)27-18-9-14(23)7-8-16(18)24/h2-10,21H,11H2,1H3,(H,27,31). The van der Waals surface area contributed by atoms with Crippen LogP contribution in [0.3, 0.4) is 0 Å². The monoisotopic (exact) mass is 428 g/mol. The lowest BCUT2D eigenvalue weighted by Crippen LogP contribution is -2.20. The molecule has 0 saturated heterocycles. The first-order valence-corrected chi connectivity index (χ1v) is 9.30. The first-order valence-electron chi connectivity index (χ1n) is 9.30. The topological polar surface area (TPSA) is 59.8 Å². The molecule has 0 aliphatic rings. The summed E-state index contributed by atoms with van der Waals surface area (Å²) in [6.07, 6.45) is -2.78. The van der Waals surface area contributed by atoms with E-state index in [-0.39, 0.29) is 28.0 Å². The van der Waals surface area contributed by atoms with Crippen LogP contribution in [-0.2, 0) is 11.3 Å². The lowest BCUT2D eigenvalue weighted by molar-refractivity contribution is -0.116. The highest BCUT2D eigenvalue weighted by atomic mass is 19.3. The minimum atomic E-state index is -2.78. The Morgan fingerprint density at radius 3 is 2.55 bits per heavy atom. The smallest absolute Gasteiger partial charge is 0.264 e. The van der Waals surface area contributed by atoms with Crippen molar-refractivity contribution in [3.05, 3.63) is 77.5 Å². The van der Waals surface area contributed by atoms with Gasteiger partial charge in [-0.15, -0.1) is 0 Å². The van der Waals surface area contributed by atoms with Gasteiger partial charge in [0.15, 0.2) is 5.65 Å². The molecule has 0 fully saturated rings. The molecule has 0 spiro atoms. The third-order valence-electron chi connectivity index (χ3n) is 4.71. The molecule has 0 bridgehead atoms. The van der Waals surface area contributed by atoms with Crippen LogP contribution in [-0.4, -0.2) is 20.7 Å². The predicted molar refractivity (Wildman–Crippen MR) is 108 cm³/mol. The first-order chi connectivity index (χ1) is 14.8. The van der Waals surface area contributed by atoms with Gasteiger partial charge in [0.2, 0.25) is 5.91 Å². The summed E-state index contributed by atoms with van der Waals surface area (Å²) in [5, 5.41) is 6.60. The largest absolute Gasteiger partial charge is 0.322 e. The molecule has 0 unspecified atom stereocenters. The Balaban J connectivity index is 1.75. The summed E-state index contributed by atoms with van der Waals surface area (Å²) in [6.45, 7) is 1.12. The van der Waals surface area contributed by atoms with Crippen LogP contribution in [0.25, 0.3) is 22.3 Å². The van der Waals surface area contributed by atoms with Gasteiger partial charge in [0.05, 0.1) is 22.5 Å². The van der Waals surface area contributed by atoms with Crippen LogP contribution in [0, 0.1) is 18.6 Å². The molecular formula is C22H16F4N4O. The Bertz CT molecular complexity index is 1270. The van der Waals surface area contributed by atoms with Crippen molar-refractivity contribution < 1.29 is 22.4 Å². The molecule has 4 rings (SSSR count). The second kappa shape index (κ2) is 8.17. The molecule has 0 saturated carbocycles. The van der Waals surface area contributed by atoms with Gasteiger partial charge in [-0.3, -0.25) is 4.79 Å². The van der Waals surface area contributed by atoms with Crippen LogP contribution in [0.5, 0.6) is 0 Å². The zero-order chi connectivity index (χ0) is 22.1. The number of rotatable bonds is 5. The molecule has 158 valence electrons. The molecule has 1 N–H and O–H groups in total. The van der Waals surface area contributed by atoms with Crippen molar-refractivity contribution in [3.8, 4) is 11.3 Å². The molecule has 2 heterocycles. The van der Waals surface area contributed by atoms with Gasteiger partial charge in [0, 0.05) is 17.2 Å². The maximum Gasteiger partial charge on any atom is 0.264 e. The Hall–Kier alpha value is -3.75. The average molecular weight is 428 g/mol. The summed E-state index contributed by atoms with van der Waals surface area (Å²) in [5.41, 5.74) is 0.740. The van der Waals surface area contributed by atoms with Gasteiger partial charge in [0.1, 0.15) is 18.2 Å². The van der Waals surface area contributed by atoms with Crippen molar-refractivity contribution in [1.82, 2.24) is 14.8 Å².